The van der Waals surface area contributed by atoms with Gasteiger partial charge in [-0.25, -0.2) is 0 Å². The lowest BCUT2D eigenvalue weighted by Gasteiger charge is -1.83. The van der Waals surface area contributed by atoms with Gasteiger partial charge in [0.1, 0.15) is 0 Å². The Hall–Kier alpha value is -1.23. The lowest BCUT2D eigenvalue weighted by Crippen LogP contribution is -1.66. The molecule has 2 heteroatoms. The van der Waals surface area contributed by atoms with E-state index in [1.807, 2.05) is 13.0 Å². The van der Waals surface area contributed by atoms with E-state index in [-0.39, 0.29) is 0 Å². The van der Waals surface area contributed by atoms with Crippen LogP contribution in [0.5, 0.6) is 0 Å². The van der Waals surface area contributed by atoms with E-state index in [2.05, 4.69) is 4.85 Å². The second-order valence-electron chi connectivity index (χ2n) is 1.71. The molecule has 9 heavy (non-hydrogen) atoms. The minimum atomic E-state index is 0.381. The lowest BCUT2D eigenvalue weighted by molar-refractivity contribution is 0.537. The maximum absolute atomic E-state index is 6.56. The van der Waals surface area contributed by atoms with Crippen LogP contribution in [0.25, 0.3) is 4.85 Å². The highest BCUT2D eigenvalue weighted by molar-refractivity contribution is 5.32. The summed E-state index contributed by atoms with van der Waals surface area (Å²) in [4.78, 5) is 3.12. The largest absolute Gasteiger partial charge is 0.484 e. The topological polar surface area (TPSA) is 17.5 Å². The van der Waals surface area contributed by atoms with Crippen LogP contribution < -0.4 is 0 Å². The van der Waals surface area contributed by atoms with E-state index in [4.69, 9.17) is 11.0 Å². The van der Waals surface area contributed by atoms with Gasteiger partial charge in [-0.05, 0) is 12.1 Å². The van der Waals surface area contributed by atoms with Crippen LogP contribution in [0.3, 0.4) is 0 Å². The highest BCUT2D eigenvalue weighted by Crippen LogP contribution is 2.15. The van der Waals surface area contributed by atoms with Crippen molar-refractivity contribution in [1.82, 2.24) is 0 Å². The molecule has 0 bridgehead atoms. The molecule has 0 amide bonds. The normalized spacial score (nSPS) is 8.89. The Morgan fingerprint density at radius 3 is 2.78 bits per heavy atom. The van der Waals surface area contributed by atoms with E-state index < -0.39 is 0 Å². The first-order chi connectivity index (χ1) is 4.36. The Labute approximate surface area is 53.9 Å². The standard InChI is InChI=1S/C7H7NO/c1-3-6-4-5-7(8-2)9-6/h4-5H,3H2,1H3. The van der Waals surface area contributed by atoms with Crippen LogP contribution in [0.2, 0.25) is 0 Å². The van der Waals surface area contributed by atoms with Gasteiger partial charge in [-0.2, -0.15) is 4.85 Å². The van der Waals surface area contributed by atoms with Crippen molar-refractivity contribution in [2.24, 2.45) is 0 Å². The third-order valence-electron chi connectivity index (χ3n) is 1.11. The van der Waals surface area contributed by atoms with Crippen LogP contribution in [0, 0.1) is 6.57 Å². The van der Waals surface area contributed by atoms with Gasteiger partial charge in [0.2, 0.25) is 0 Å². The zero-order chi connectivity index (χ0) is 6.69. The van der Waals surface area contributed by atoms with E-state index in [0.717, 1.165) is 12.2 Å². The second kappa shape index (κ2) is 2.36. The monoisotopic (exact) mass is 121 g/mol. The molecule has 46 valence electrons. The Morgan fingerprint density at radius 2 is 2.44 bits per heavy atom. The fraction of sp³-hybridized carbons (Fsp3) is 0.286. The van der Waals surface area contributed by atoms with Crippen molar-refractivity contribution in [2.75, 3.05) is 0 Å². The number of furan rings is 1. The summed E-state index contributed by atoms with van der Waals surface area (Å²) in [5.41, 5.74) is 0. The van der Waals surface area contributed by atoms with E-state index in [0.29, 0.717) is 5.88 Å². The highest BCUT2D eigenvalue weighted by Gasteiger charge is 1.95. The van der Waals surface area contributed by atoms with Crippen molar-refractivity contribution in [3.63, 3.8) is 0 Å². The van der Waals surface area contributed by atoms with Gasteiger partial charge in [0.25, 0.3) is 0 Å². The summed E-state index contributed by atoms with van der Waals surface area (Å²) in [6, 6.07) is 3.51. The molecular weight excluding hydrogens is 114 g/mol. The molecule has 0 radical (unpaired) electrons. The second-order valence-corrected chi connectivity index (χ2v) is 1.71. The summed E-state index contributed by atoms with van der Waals surface area (Å²) in [6.45, 7) is 8.56. The maximum atomic E-state index is 6.56. The summed E-state index contributed by atoms with van der Waals surface area (Å²) < 4.78 is 5.03. The molecule has 1 rings (SSSR count). The minimum Gasteiger partial charge on any atom is -0.484 e. The molecule has 0 atom stereocenters. The predicted octanol–water partition coefficient (Wildman–Crippen LogP) is 2.39. The van der Waals surface area contributed by atoms with Crippen molar-refractivity contribution < 1.29 is 4.42 Å². The average Bonchev–Trinajstić information content (AvgIpc) is 2.34. The molecule has 0 saturated heterocycles. The molecular formula is C7H7NO. The van der Waals surface area contributed by atoms with Gasteiger partial charge >= 0.3 is 5.88 Å². The molecule has 0 aromatic carbocycles. The molecule has 0 aliphatic rings. The van der Waals surface area contributed by atoms with Gasteiger partial charge in [0, 0.05) is 6.42 Å². The third kappa shape index (κ3) is 1.11. The molecule has 0 aliphatic carbocycles. The van der Waals surface area contributed by atoms with Gasteiger partial charge < -0.3 is 4.42 Å². The maximum Gasteiger partial charge on any atom is 0.345 e. The number of rotatable bonds is 1. The first kappa shape index (κ1) is 5.90. The number of aryl methyl sites for hydroxylation is 1. The van der Waals surface area contributed by atoms with Gasteiger partial charge in [-0.3, -0.25) is 0 Å². The van der Waals surface area contributed by atoms with E-state index >= 15 is 0 Å². The molecule has 0 fully saturated rings. The predicted molar refractivity (Wildman–Crippen MR) is 34.3 cm³/mol. The van der Waals surface area contributed by atoms with E-state index in [1.54, 1.807) is 6.07 Å². The molecule has 1 aromatic rings. The zero-order valence-corrected chi connectivity index (χ0v) is 5.22. The van der Waals surface area contributed by atoms with Crippen molar-refractivity contribution in [3.8, 4) is 0 Å². The Balaban J connectivity index is 2.90. The molecule has 0 saturated carbocycles. The molecule has 2 nitrogen and oxygen atoms in total. The fourth-order valence-electron chi connectivity index (χ4n) is 0.617. The van der Waals surface area contributed by atoms with Gasteiger partial charge in [-0.15, -0.1) is 0 Å². The van der Waals surface area contributed by atoms with Crippen molar-refractivity contribution in [2.45, 2.75) is 13.3 Å². The molecule has 0 N–H and O–H groups in total. The summed E-state index contributed by atoms with van der Waals surface area (Å²) in [5, 5.41) is 0. The van der Waals surface area contributed by atoms with Gasteiger partial charge in [0.15, 0.2) is 0 Å². The highest BCUT2D eigenvalue weighted by atomic mass is 16.4. The van der Waals surface area contributed by atoms with Crippen LogP contribution in [0.1, 0.15) is 12.7 Å². The Morgan fingerprint density at radius 1 is 1.67 bits per heavy atom. The van der Waals surface area contributed by atoms with E-state index in [1.165, 1.54) is 0 Å². The van der Waals surface area contributed by atoms with Crippen molar-refractivity contribution >= 4 is 5.88 Å². The van der Waals surface area contributed by atoms with Crippen LogP contribution in [-0.4, -0.2) is 0 Å². The number of hydrogen-bond donors (Lipinski definition) is 0. The van der Waals surface area contributed by atoms with E-state index in [9.17, 15) is 0 Å². The Kier molecular flexibility index (Phi) is 1.55. The quantitative estimate of drug-likeness (QED) is 0.521. The third-order valence-corrected chi connectivity index (χ3v) is 1.11. The van der Waals surface area contributed by atoms with Crippen molar-refractivity contribution in [3.05, 3.63) is 29.3 Å². The molecule has 0 aliphatic heterocycles. The summed E-state index contributed by atoms with van der Waals surface area (Å²) >= 11 is 0. The summed E-state index contributed by atoms with van der Waals surface area (Å²) in [5.74, 6) is 1.26. The van der Waals surface area contributed by atoms with Crippen LogP contribution in [0.4, 0.5) is 5.88 Å². The number of hydrogen-bond acceptors (Lipinski definition) is 1. The first-order valence-electron chi connectivity index (χ1n) is 2.83. The number of nitrogens with zero attached hydrogens (tertiary/aromatic N) is 1. The molecule has 0 spiro atoms. The molecule has 1 aromatic heterocycles. The average molecular weight is 121 g/mol. The van der Waals surface area contributed by atoms with Crippen LogP contribution >= 0.6 is 0 Å². The summed E-state index contributed by atoms with van der Waals surface area (Å²) in [6.07, 6.45) is 0.857. The minimum absolute atomic E-state index is 0.381. The summed E-state index contributed by atoms with van der Waals surface area (Å²) in [7, 11) is 0. The molecule has 0 unspecified atom stereocenters. The van der Waals surface area contributed by atoms with Crippen LogP contribution in [-0.2, 0) is 6.42 Å². The molecule has 1 heterocycles. The Bertz CT molecular complexity index is 231. The van der Waals surface area contributed by atoms with Crippen LogP contribution in [0.15, 0.2) is 16.5 Å². The van der Waals surface area contributed by atoms with Gasteiger partial charge in [-0.1, -0.05) is 6.92 Å². The fourth-order valence-corrected chi connectivity index (χ4v) is 0.617. The first-order valence-corrected chi connectivity index (χ1v) is 2.83. The van der Waals surface area contributed by atoms with Crippen molar-refractivity contribution in [1.29, 1.82) is 0 Å². The lowest BCUT2D eigenvalue weighted by atomic mass is 10.4. The zero-order valence-electron chi connectivity index (χ0n) is 5.22. The SMILES string of the molecule is [C-]#[N+]c1ccc(CC)o1. The van der Waals surface area contributed by atoms with Gasteiger partial charge in [0.05, 0.1) is 12.3 Å². The smallest absolute Gasteiger partial charge is 0.345 e.